The van der Waals surface area contributed by atoms with Crippen molar-refractivity contribution in [2.45, 2.75) is 59.0 Å². The third-order valence-electron chi connectivity index (χ3n) is 6.91. The fourth-order valence-electron chi connectivity index (χ4n) is 4.82. The highest BCUT2D eigenvalue weighted by atomic mass is 32.2. The van der Waals surface area contributed by atoms with Crippen LogP contribution >= 0.6 is 0 Å². The van der Waals surface area contributed by atoms with Crippen molar-refractivity contribution in [2.24, 2.45) is 0 Å². The molecule has 13 nitrogen and oxygen atoms in total. The number of aromatic amines is 1. The van der Waals surface area contributed by atoms with Crippen molar-refractivity contribution in [1.29, 1.82) is 0 Å². The second-order valence-corrected chi connectivity index (χ2v) is 12.1. The molecule has 0 radical (unpaired) electrons. The summed E-state index contributed by atoms with van der Waals surface area (Å²) in [6, 6.07) is 18.8. The molecule has 0 aliphatic heterocycles. The fraction of sp³-hybridized carbons (Fsp3) is 0.333. The lowest BCUT2D eigenvalue weighted by atomic mass is 10.2. The van der Waals surface area contributed by atoms with Crippen LogP contribution in [0.1, 0.15) is 51.2 Å². The van der Waals surface area contributed by atoms with E-state index in [-0.39, 0.29) is 34.3 Å². The maximum Gasteiger partial charge on any atom is 0.277 e. The number of methoxy groups -OCH3 is 2. The molecule has 5 aromatic rings. The van der Waals surface area contributed by atoms with Crippen LogP contribution in [-0.2, 0) is 32.6 Å². The molecule has 268 valence electrons. The Labute approximate surface area is 292 Å². The van der Waals surface area contributed by atoms with Crippen LogP contribution in [-0.4, -0.2) is 61.7 Å². The van der Waals surface area contributed by atoms with Gasteiger partial charge in [-0.1, -0.05) is 51.1 Å². The number of anilines is 1. The summed E-state index contributed by atoms with van der Waals surface area (Å²) < 4.78 is 51.9. The zero-order valence-electron chi connectivity index (χ0n) is 29.5. The van der Waals surface area contributed by atoms with Gasteiger partial charge in [0.05, 0.1) is 42.2 Å². The van der Waals surface area contributed by atoms with Gasteiger partial charge in [0, 0.05) is 19.6 Å². The average molecular weight is 708 g/mol. The van der Waals surface area contributed by atoms with Gasteiger partial charge < -0.3 is 23.9 Å². The first-order chi connectivity index (χ1) is 24.1. The molecular weight excluding hydrogens is 662 g/mol. The molecule has 5 rings (SSSR count). The van der Waals surface area contributed by atoms with E-state index in [4.69, 9.17) is 18.9 Å². The van der Waals surface area contributed by atoms with Gasteiger partial charge in [0.1, 0.15) is 18.2 Å². The Morgan fingerprint density at radius 1 is 0.940 bits per heavy atom. The van der Waals surface area contributed by atoms with E-state index < -0.39 is 15.6 Å². The summed E-state index contributed by atoms with van der Waals surface area (Å²) >= 11 is 0. The molecule has 14 heteroatoms. The number of hydrogen-bond acceptors (Lipinski definition) is 10. The lowest BCUT2D eigenvalue weighted by molar-refractivity contribution is -0.109. The van der Waals surface area contributed by atoms with Gasteiger partial charge >= 0.3 is 0 Å². The molecule has 2 heterocycles. The van der Waals surface area contributed by atoms with E-state index in [9.17, 15) is 18.0 Å². The second kappa shape index (κ2) is 19.1. The van der Waals surface area contributed by atoms with E-state index in [1.54, 1.807) is 21.0 Å². The maximum absolute atomic E-state index is 13.4. The first-order valence-electron chi connectivity index (χ1n) is 16.2. The molecule has 0 saturated carbocycles. The molecule has 0 fully saturated rings. The minimum atomic E-state index is -4.11. The molecule has 0 atom stereocenters. The van der Waals surface area contributed by atoms with Crippen molar-refractivity contribution in [3.05, 3.63) is 94.2 Å². The average Bonchev–Trinajstić information content (AvgIpc) is 3.44. The molecule has 0 saturated heterocycles. The quantitative estimate of drug-likeness (QED) is 0.131. The van der Waals surface area contributed by atoms with Gasteiger partial charge in [0.25, 0.3) is 15.6 Å². The number of carbonyl (C=O) groups excluding carboxylic acids is 1. The van der Waals surface area contributed by atoms with Crippen LogP contribution in [0.5, 0.6) is 17.2 Å². The topological polar surface area (TPSA) is 163 Å². The summed E-state index contributed by atoms with van der Waals surface area (Å²) in [6.45, 7) is 10.3. The first-order valence-corrected chi connectivity index (χ1v) is 17.7. The van der Waals surface area contributed by atoms with Crippen molar-refractivity contribution in [1.82, 2.24) is 19.6 Å². The molecule has 0 aliphatic carbocycles. The van der Waals surface area contributed by atoms with Gasteiger partial charge in [-0.25, -0.2) is 17.9 Å². The zero-order valence-corrected chi connectivity index (χ0v) is 30.3. The van der Waals surface area contributed by atoms with Crippen molar-refractivity contribution in [2.75, 3.05) is 32.2 Å². The lowest BCUT2D eigenvalue weighted by Gasteiger charge is -2.15. The largest absolute Gasteiger partial charge is 0.493 e. The van der Waals surface area contributed by atoms with Crippen molar-refractivity contribution >= 4 is 27.5 Å². The van der Waals surface area contributed by atoms with Crippen LogP contribution in [0.3, 0.4) is 0 Å². The number of fused-ring (bicyclic) bond motifs is 1. The summed E-state index contributed by atoms with van der Waals surface area (Å²) in [7, 11) is -0.976. The van der Waals surface area contributed by atoms with Crippen LogP contribution in [0.15, 0.2) is 76.4 Å². The van der Waals surface area contributed by atoms with E-state index in [0.29, 0.717) is 54.5 Å². The molecule has 0 bridgehead atoms. The van der Waals surface area contributed by atoms with Gasteiger partial charge in [-0.3, -0.25) is 14.3 Å². The number of carbonyl (C=O) groups is 1. The van der Waals surface area contributed by atoms with Gasteiger partial charge in [-0.2, -0.15) is 0 Å². The van der Waals surface area contributed by atoms with E-state index in [0.717, 1.165) is 6.42 Å². The Bertz CT molecular complexity index is 2010. The molecule has 50 heavy (non-hydrogen) atoms. The minimum absolute atomic E-state index is 0.0922. The Balaban J connectivity index is 0.000000528. The number of benzene rings is 3. The minimum Gasteiger partial charge on any atom is -0.493 e. The predicted octanol–water partition coefficient (Wildman–Crippen LogP) is 5.99. The highest BCUT2D eigenvalue weighted by molar-refractivity contribution is 7.92. The number of aldehydes is 1. The number of rotatable bonds is 14. The summed E-state index contributed by atoms with van der Waals surface area (Å²) in [5.41, 5.74) is 2.19. The molecule has 0 aliphatic rings. The smallest absolute Gasteiger partial charge is 0.277 e. The van der Waals surface area contributed by atoms with Gasteiger partial charge in [-0.05, 0) is 56.2 Å². The fourth-order valence-corrected chi connectivity index (χ4v) is 5.89. The standard InChI is InChI=1S/C26H29N5O7S.C8H10O.C2H6/c1-5-7-23-27-16(3)24-26(33)28-25(29-31(23)24)19-15-18(9-11-20(19)37-6-2)39(34,35)30-17-8-10-21(36-4)22(14-17)38-13-12-32;1-9-7-8-5-3-2-4-6-8;1-2/h8-12,14-15,30H,5-7,13H2,1-4H3,(H,28,29,33);2-6H,7H2,1H3;1-2H3. The van der Waals surface area contributed by atoms with Crippen LogP contribution in [0.2, 0.25) is 0 Å². The maximum atomic E-state index is 13.4. The van der Waals surface area contributed by atoms with Crippen LogP contribution in [0.25, 0.3) is 16.9 Å². The first kappa shape index (κ1) is 39.2. The molecule has 3 aromatic carbocycles. The number of imidazole rings is 1. The molecule has 2 aromatic heterocycles. The predicted molar refractivity (Wildman–Crippen MR) is 193 cm³/mol. The number of aryl methyl sites for hydroxylation is 2. The highest BCUT2D eigenvalue weighted by Gasteiger charge is 2.22. The van der Waals surface area contributed by atoms with Crippen molar-refractivity contribution in [3.63, 3.8) is 0 Å². The third-order valence-corrected chi connectivity index (χ3v) is 8.29. The van der Waals surface area contributed by atoms with E-state index in [1.165, 1.54) is 53.6 Å². The normalized spacial score (nSPS) is 10.7. The Hall–Kier alpha value is -5.21. The van der Waals surface area contributed by atoms with E-state index >= 15 is 0 Å². The van der Waals surface area contributed by atoms with Gasteiger partial charge in [0.2, 0.25) is 0 Å². The monoisotopic (exact) mass is 707 g/mol. The van der Waals surface area contributed by atoms with Crippen molar-refractivity contribution in [3.8, 4) is 28.6 Å². The number of hydrogen-bond donors (Lipinski definition) is 2. The van der Waals surface area contributed by atoms with Gasteiger partial charge in [0.15, 0.2) is 29.1 Å². The van der Waals surface area contributed by atoms with Gasteiger partial charge in [-0.15, -0.1) is 5.10 Å². The summed E-state index contributed by atoms with van der Waals surface area (Å²) in [4.78, 5) is 30.9. The summed E-state index contributed by atoms with van der Waals surface area (Å²) in [5, 5.41) is 4.60. The van der Waals surface area contributed by atoms with Crippen molar-refractivity contribution < 1.29 is 32.2 Å². The lowest BCUT2D eigenvalue weighted by Crippen LogP contribution is -2.17. The van der Waals surface area contributed by atoms with Crippen LogP contribution in [0.4, 0.5) is 5.69 Å². The zero-order chi connectivity index (χ0) is 36.7. The van der Waals surface area contributed by atoms with Crippen LogP contribution < -0.4 is 24.5 Å². The summed E-state index contributed by atoms with van der Waals surface area (Å²) in [6.07, 6.45) is 1.99. The van der Waals surface area contributed by atoms with Crippen LogP contribution in [0, 0.1) is 6.92 Å². The molecule has 0 unspecified atom stereocenters. The molecule has 2 N–H and O–H groups in total. The Kier molecular flexibility index (Phi) is 15.0. The third kappa shape index (κ3) is 9.92. The molecule has 0 spiro atoms. The number of nitrogens with one attached hydrogen (secondary N) is 2. The Morgan fingerprint density at radius 2 is 1.66 bits per heavy atom. The van der Waals surface area contributed by atoms with E-state index in [1.807, 2.05) is 51.1 Å². The number of nitrogens with zero attached hydrogens (tertiary/aromatic N) is 3. The van der Waals surface area contributed by atoms with E-state index in [2.05, 4.69) is 19.8 Å². The Morgan fingerprint density at radius 3 is 2.30 bits per heavy atom. The number of H-pyrrole nitrogens is 1. The summed E-state index contributed by atoms with van der Waals surface area (Å²) in [5.74, 6) is 1.66. The molecule has 0 amide bonds. The molecular formula is C36H45N5O8S. The SMILES string of the molecule is CC.CCCc1nc(C)c2c(=O)[nH]c(-c3cc(S(=O)(=O)Nc4ccc(OC)c(OCC=O)c4)ccc3OCC)nn12.COCc1ccccc1. The number of ether oxygens (including phenoxy) is 4. The number of sulfonamides is 1. The highest BCUT2D eigenvalue weighted by Crippen LogP contribution is 2.33. The second-order valence-electron chi connectivity index (χ2n) is 10.4. The number of aromatic nitrogens is 4.